The van der Waals surface area contributed by atoms with Crippen LogP contribution in [-0.4, -0.2) is 64.0 Å². The smallest absolute Gasteiger partial charge is 0.312 e. The van der Waals surface area contributed by atoms with Gasteiger partial charge >= 0.3 is 5.97 Å². The topological polar surface area (TPSA) is 48.0 Å². The Morgan fingerprint density at radius 1 is 1.05 bits per heavy atom. The highest BCUT2D eigenvalue weighted by atomic mass is 16.5. The Kier molecular flexibility index (Phi) is 9.83. The van der Waals surface area contributed by atoms with Crippen molar-refractivity contribution in [2.75, 3.05) is 53.2 Å². The van der Waals surface area contributed by atoms with Gasteiger partial charge in [-0.2, -0.15) is 0 Å². The van der Waals surface area contributed by atoms with Crippen molar-refractivity contribution in [1.82, 2.24) is 4.90 Å². The summed E-state index contributed by atoms with van der Waals surface area (Å²) in [5.74, 6) is -0.190. The fourth-order valence-electron chi connectivity index (χ4n) is 1.85. The first-order valence-electron chi connectivity index (χ1n) is 6.94. The van der Waals surface area contributed by atoms with Gasteiger partial charge < -0.3 is 14.2 Å². The molecule has 0 bridgehead atoms. The molecule has 0 heterocycles. The van der Waals surface area contributed by atoms with Crippen molar-refractivity contribution >= 4 is 5.97 Å². The number of hydrogen-bond acceptors (Lipinski definition) is 5. The number of methoxy groups -OCH3 is 1. The third-order valence-electron chi connectivity index (χ3n) is 2.87. The molecule has 0 saturated heterocycles. The quantitative estimate of drug-likeness (QED) is 0.423. The van der Waals surface area contributed by atoms with E-state index in [0.717, 1.165) is 13.1 Å². The summed E-state index contributed by atoms with van der Waals surface area (Å²) in [7, 11) is 1.43. The molecule has 0 unspecified atom stereocenters. The van der Waals surface area contributed by atoms with Crippen molar-refractivity contribution in [3.05, 3.63) is 0 Å². The van der Waals surface area contributed by atoms with Crippen LogP contribution in [0.4, 0.5) is 0 Å². The predicted octanol–water partition coefficient (Wildman–Crippen LogP) is 1.56. The van der Waals surface area contributed by atoms with Crippen LogP contribution in [0.5, 0.6) is 0 Å². The van der Waals surface area contributed by atoms with E-state index < -0.39 is 5.41 Å². The number of hydrogen-bond donors (Lipinski definition) is 0. The number of rotatable bonds is 11. The van der Waals surface area contributed by atoms with Crippen molar-refractivity contribution in [3.8, 4) is 0 Å². The monoisotopic (exact) mass is 275 g/mol. The van der Waals surface area contributed by atoms with Crippen LogP contribution in [0.2, 0.25) is 0 Å². The van der Waals surface area contributed by atoms with Gasteiger partial charge in [0.25, 0.3) is 0 Å². The lowest BCUT2D eigenvalue weighted by Gasteiger charge is -2.30. The van der Waals surface area contributed by atoms with Gasteiger partial charge in [-0.15, -0.1) is 0 Å². The van der Waals surface area contributed by atoms with Crippen molar-refractivity contribution in [3.63, 3.8) is 0 Å². The molecule has 0 aromatic rings. The zero-order chi connectivity index (χ0) is 14.7. The van der Waals surface area contributed by atoms with Gasteiger partial charge in [0, 0.05) is 32.8 Å². The lowest BCUT2D eigenvalue weighted by Crippen LogP contribution is -2.42. The van der Waals surface area contributed by atoms with E-state index >= 15 is 0 Å². The molecule has 5 nitrogen and oxygen atoms in total. The average Bonchev–Trinajstić information content (AvgIpc) is 2.37. The Hall–Kier alpha value is -0.650. The van der Waals surface area contributed by atoms with Crippen molar-refractivity contribution in [2.45, 2.75) is 27.7 Å². The molecule has 0 aliphatic carbocycles. The summed E-state index contributed by atoms with van der Waals surface area (Å²) in [5, 5.41) is 0. The molecule has 114 valence electrons. The molecule has 0 saturated carbocycles. The summed E-state index contributed by atoms with van der Waals surface area (Å²) in [6.45, 7) is 12.7. The largest absolute Gasteiger partial charge is 0.469 e. The van der Waals surface area contributed by atoms with E-state index in [0.29, 0.717) is 33.0 Å². The van der Waals surface area contributed by atoms with Gasteiger partial charge in [-0.25, -0.2) is 0 Å². The molecular formula is C14H29NO4. The van der Waals surface area contributed by atoms with E-state index in [9.17, 15) is 4.79 Å². The lowest BCUT2D eigenvalue weighted by atomic mass is 9.93. The van der Waals surface area contributed by atoms with Crippen LogP contribution >= 0.6 is 0 Å². The molecule has 0 fully saturated rings. The number of carbonyl (C=O) groups is 1. The molecule has 0 aromatic heterocycles. The summed E-state index contributed by atoms with van der Waals surface area (Å²) in [5.41, 5.74) is -0.521. The second-order valence-electron chi connectivity index (χ2n) is 5.05. The Balaban J connectivity index is 4.33. The SMILES string of the molecule is CCOCCN(CCOCC)CC(C)(C)C(=O)OC. The number of esters is 1. The molecule has 0 aliphatic rings. The van der Waals surface area contributed by atoms with Crippen LogP contribution in [0.1, 0.15) is 27.7 Å². The molecule has 0 atom stereocenters. The number of nitrogens with zero attached hydrogens (tertiary/aromatic N) is 1. The first kappa shape index (κ1) is 18.4. The first-order valence-corrected chi connectivity index (χ1v) is 6.94. The van der Waals surface area contributed by atoms with E-state index in [1.54, 1.807) is 0 Å². The van der Waals surface area contributed by atoms with E-state index in [4.69, 9.17) is 14.2 Å². The zero-order valence-corrected chi connectivity index (χ0v) is 13.0. The van der Waals surface area contributed by atoms with Gasteiger partial charge in [-0.05, 0) is 27.7 Å². The minimum atomic E-state index is -0.521. The molecule has 0 aromatic carbocycles. The molecule has 0 rings (SSSR count). The van der Waals surface area contributed by atoms with Crippen LogP contribution in [0.25, 0.3) is 0 Å². The lowest BCUT2D eigenvalue weighted by molar-refractivity contribution is -0.152. The molecule has 0 N–H and O–H groups in total. The van der Waals surface area contributed by atoms with Gasteiger partial charge in [0.05, 0.1) is 25.7 Å². The molecular weight excluding hydrogens is 246 g/mol. The minimum absolute atomic E-state index is 0.190. The number of ether oxygens (including phenoxy) is 3. The maximum absolute atomic E-state index is 11.7. The van der Waals surface area contributed by atoms with Crippen LogP contribution in [-0.2, 0) is 19.0 Å². The Morgan fingerprint density at radius 2 is 1.53 bits per heavy atom. The zero-order valence-electron chi connectivity index (χ0n) is 13.0. The highest BCUT2D eigenvalue weighted by Crippen LogP contribution is 2.18. The molecule has 5 heteroatoms. The van der Waals surface area contributed by atoms with Crippen LogP contribution in [0.15, 0.2) is 0 Å². The van der Waals surface area contributed by atoms with Gasteiger partial charge in [0.1, 0.15) is 0 Å². The molecule has 0 amide bonds. The maximum atomic E-state index is 11.7. The summed E-state index contributed by atoms with van der Waals surface area (Å²) >= 11 is 0. The van der Waals surface area contributed by atoms with E-state index in [2.05, 4.69) is 4.90 Å². The van der Waals surface area contributed by atoms with Gasteiger partial charge in [-0.3, -0.25) is 9.69 Å². The third kappa shape index (κ3) is 8.18. The van der Waals surface area contributed by atoms with Gasteiger partial charge in [0.2, 0.25) is 0 Å². The number of carbonyl (C=O) groups excluding carboxylic acids is 1. The van der Waals surface area contributed by atoms with Crippen molar-refractivity contribution in [1.29, 1.82) is 0 Å². The highest BCUT2D eigenvalue weighted by Gasteiger charge is 2.30. The first-order chi connectivity index (χ1) is 8.97. The summed E-state index contributed by atoms with van der Waals surface area (Å²) in [4.78, 5) is 13.9. The Labute approximate surface area is 117 Å². The van der Waals surface area contributed by atoms with Gasteiger partial charge in [-0.1, -0.05) is 0 Å². The van der Waals surface area contributed by atoms with E-state index in [1.165, 1.54) is 7.11 Å². The van der Waals surface area contributed by atoms with Crippen molar-refractivity contribution < 1.29 is 19.0 Å². The van der Waals surface area contributed by atoms with Crippen LogP contribution in [0, 0.1) is 5.41 Å². The second kappa shape index (κ2) is 10.2. The van der Waals surface area contributed by atoms with E-state index in [-0.39, 0.29) is 5.97 Å². The molecule has 0 radical (unpaired) electrons. The van der Waals surface area contributed by atoms with E-state index in [1.807, 2.05) is 27.7 Å². The summed E-state index contributed by atoms with van der Waals surface area (Å²) in [6, 6.07) is 0. The predicted molar refractivity (Wildman–Crippen MR) is 75.2 cm³/mol. The Bertz CT molecular complexity index is 234. The van der Waals surface area contributed by atoms with Crippen LogP contribution in [0.3, 0.4) is 0 Å². The Morgan fingerprint density at radius 3 is 1.89 bits per heavy atom. The fourth-order valence-corrected chi connectivity index (χ4v) is 1.85. The average molecular weight is 275 g/mol. The molecule has 19 heavy (non-hydrogen) atoms. The third-order valence-corrected chi connectivity index (χ3v) is 2.87. The summed E-state index contributed by atoms with van der Waals surface area (Å²) < 4.78 is 15.6. The minimum Gasteiger partial charge on any atom is -0.469 e. The maximum Gasteiger partial charge on any atom is 0.312 e. The normalized spacial score (nSPS) is 11.9. The molecule has 0 aliphatic heterocycles. The highest BCUT2D eigenvalue weighted by molar-refractivity contribution is 5.76. The van der Waals surface area contributed by atoms with Gasteiger partial charge in [0.15, 0.2) is 0 Å². The second-order valence-corrected chi connectivity index (χ2v) is 5.05. The fraction of sp³-hybridized carbons (Fsp3) is 0.929. The standard InChI is InChI=1S/C14H29NO4/c1-6-18-10-8-15(9-11-19-7-2)12-14(3,4)13(16)17-5/h6-12H2,1-5H3. The molecule has 0 spiro atoms. The van der Waals surface area contributed by atoms with Crippen LogP contribution < -0.4 is 0 Å². The summed E-state index contributed by atoms with van der Waals surface area (Å²) in [6.07, 6.45) is 0. The van der Waals surface area contributed by atoms with Crippen molar-refractivity contribution in [2.24, 2.45) is 5.41 Å².